The Balaban J connectivity index is 1.63. The number of urea groups is 1. The Morgan fingerprint density at radius 2 is 1.76 bits per heavy atom. The molecule has 1 aliphatic carbocycles. The van der Waals surface area contributed by atoms with Crippen LogP contribution < -0.4 is 5.32 Å². The molecule has 2 aliphatic rings. The largest absolute Gasteiger partial charge is 0.353 e. The van der Waals surface area contributed by atoms with Gasteiger partial charge in [0.25, 0.3) is 5.91 Å². The quantitative estimate of drug-likeness (QED) is 0.744. The first-order chi connectivity index (χ1) is 13.8. The molecule has 1 spiro atoms. The number of benzene rings is 1. The number of likely N-dealkylation sites (N-methyl/N-ethyl adjacent to an activating group) is 2. The second kappa shape index (κ2) is 8.53. The summed E-state index contributed by atoms with van der Waals surface area (Å²) in [6.07, 6.45) is 4.32. The van der Waals surface area contributed by atoms with Crippen LogP contribution in [0.25, 0.3) is 0 Å². The average Bonchev–Trinajstić information content (AvgIpc) is 2.86. The van der Waals surface area contributed by atoms with E-state index >= 15 is 0 Å². The number of imide groups is 1. The number of carbonyl (C=O) groups excluding carboxylic acids is 3. The lowest BCUT2D eigenvalue weighted by Crippen LogP contribution is -2.49. The third-order valence-corrected chi connectivity index (χ3v) is 6.36. The number of aryl methyl sites for hydroxylation is 1. The number of hydrogen-bond acceptors (Lipinski definition) is 4. The highest BCUT2D eigenvalue weighted by Crippen LogP contribution is 2.39. The summed E-state index contributed by atoms with van der Waals surface area (Å²) >= 11 is 0. The zero-order chi connectivity index (χ0) is 21.2. The van der Waals surface area contributed by atoms with E-state index in [2.05, 4.69) is 29.6 Å². The monoisotopic (exact) mass is 400 g/mol. The van der Waals surface area contributed by atoms with Gasteiger partial charge in [0.05, 0.1) is 6.04 Å². The summed E-state index contributed by atoms with van der Waals surface area (Å²) in [6.45, 7) is 2.22. The summed E-state index contributed by atoms with van der Waals surface area (Å²) in [7, 11) is 5.61. The number of amides is 4. The molecule has 1 saturated carbocycles. The van der Waals surface area contributed by atoms with Crippen LogP contribution in [0.5, 0.6) is 0 Å². The Bertz CT molecular complexity index is 769. The van der Waals surface area contributed by atoms with Crippen molar-refractivity contribution in [2.45, 2.75) is 50.6 Å². The molecule has 1 N–H and O–H groups in total. The van der Waals surface area contributed by atoms with E-state index in [0.29, 0.717) is 19.4 Å². The number of hydrogen-bond donors (Lipinski definition) is 1. The minimum Gasteiger partial charge on any atom is -0.353 e. The number of nitrogens with zero attached hydrogens (tertiary/aromatic N) is 3. The van der Waals surface area contributed by atoms with Crippen LogP contribution in [0.2, 0.25) is 0 Å². The first kappa shape index (κ1) is 21.3. The lowest BCUT2D eigenvalue weighted by Gasteiger charge is -2.35. The summed E-state index contributed by atoms with van der Waals surface area (Å²) in [6, 6.07) is 7.86. The molecule has 7 heteroatoms. The molecular formula is C22H32N4O3. The highest BCUT2D eigenvalue weighted by molar-refractivity contribution is 6.08. The lowest BCUT2D eigenvalue weighted by molar-refractivity contribution is -0.137. The molecule has 1 saturated heterocycles. The molecule has 3 rings (SSSR count). The fourth-order valence-electron chi connectivity index (χ4n) is 4.47. The van der Waals surface area contributed by atoms with Crippen molar-refractivity contribution >= 4 is 17.8 Å². The predicted octanol–water partition coefficient (Wildman–Crippen LogP) is 2.31. The second-order valence-electron chi connectivity index (χ2n) is 8.52. The normalized spacial score (nSPS) is 19.9. The molecule has 1 heterocycles. The SMILES string of the molecule is Cc1ccc(C(CNC(=O)CN2C(=O)N(C)C3(CCCCC3)C2=O)N(C)C)cc1. The van der Waals surface area contributed by atoms with E-state index in [1.165, 1.54) is 5.56 Å². The molecule has 0 radical (unpaired) electrons. The summed E-state index contributed by atoms with van der Waals surface area (Å²) in [4.78, 5) is 43.0. The molecule has 158 valence electrons. The molecule has 29 heavy (non-hydrogen) atoms. The third kappa shape index (κ3) is 4.15. The van der Waals surface area contributed by atoms with E-state index in [1.54, 1.807) is 11.9 Å². The third-order valence-electron chi connectivity index (χ3n) is 6.36. The molecular weight excluding hydrogens is 368 g/mol. The first-order valence-corrected chi connectivity index (χ1v) is 10.4. The van der Waals surface area contributed by atoms with Crippen molar-refractivity contribution < 1.29 is 14.4 Å². The van der Waals surface area contributed by atoms with E-state index in [-0.39, 0.29) is 30.4 Å². The van der Waals surface area contributed by atoms with Crippen LogP contribution in [0.4, 0.5) is 4.79 Å². The Kier molecular flexibility index (Phi) is 6.27. The van der Waals surface area contributed by atoms with E-state index in [1.807, 2.05) is 25.9 Å². The van der Waals surface area contributed by atoms with Crippen molar-refractivity contribution in [3.8, 4) is 0 Å². The van der Waals surface area contributed by atoms with Gasteiger partial charge in [-0.1, -0.05) is 49.1 Å². The molecule has 1 aliphatic heterocycles. The van der Waals surface area contributed by atoms with Crippen LogP contribution in [-0.2, 0) is 9.59 Å². The van der Waals surface area contributed by atoms with Crippen LogP contribution in [0.3, 0.4) is 0 Å². The van der Waals surface area contributed by atoms with Crippen molar-refractivity contribution in [3.63, 3.8) is 0 Å². The van der Waals surface area contributed by atoms with Crippen LogP contribution in [0.1, 0.15) is 49.3 Å². The van der Waals surface area contributed by atoms with Gasteiger partial charge in [0.2, 0.25) is 5.91 Å². The van der Waals surface area contributed by atoms with Gasteiger partial charge >= 0.3 is 6.03 Å². The maximum atomic E-state index is 13.0. The molecule has 2 fully saturated rings. The van der Waals surface area contributed by atoms with E-state index < -0.39 is 5.54 Å². The standard InChI is InChI=1S/C22H32N4O3/c1-16-8-10-17(11-9-16)18(24(2)3)14-23-19(27)15-26-20(28)22(25(4)21(26)29)12-6-5-7-13-22/h8-11,18H,5-7,12-15H2,1-4H3,(H,23,27). The maximum Gasteiger partial charge on any atom is 0.327 e. The van der Waals surface area contributed by atoms with Gasteiger partial charge in [0.15, 0.2) is 0 Å². The summed E-state index contributed by atoms with van der Waals surface area (Å²) in [5.41, 5.74) is 1.54. The number of nitrogens with one attached hydrogen (secondary N) is 1. The molecule has 0 bridgehead atoms. The molecule has 1 atom stereocenters. The van der Waals surface area contributed by atoms with Gasteiger partial charge in [-0.2, -0.15) is 0 Å². The van der Waals surface area contributed by atoms with Crippen molar-refractivity contribution in [3.05, 3.63) is 35.4 Å². The van der Waals surface area contributed by atoms with Crippen LogP contribution in [0.15, 0.2) is 24.3 Å². The smallest absolute Gasteiger partial charge is 0.327 e. The van der Waals surface area contributed by atoms with Crippen molar-refractivity contribution in [2.24, 2.45) is 0 Å². The topological polar surface area (TPSA) is 73.0 Å². The zero-order valence-corrected chi connectivity index (χ0v) is 17.9. The molecule has 1 unspecified atom stereocenters. The average molecular weight is 401 g/mol. The first-order valence-electron chi connectivity index (χ1n) is 10.4. The molecule has 7 nitrogen and oxygen atoms in total. The fraction of sp³-hybridized carbons (Fsp3) is 0.591. The van der Waals surface area contributed by atoms with Gasteiger partial charge in [-0.3, -0.25) is 14.5 Å². The van der Waals surface area contributed by atoms with Crippen LogP contribution in [0, 0.1) is 6.92 Å². The summed E-state index contributed by atoms with van der Waals surface area (Å²) < 4.78 is 0. The van der Waals surface area contributed by atoms with E-state index in [4.69, 9.17) is 0 Å². The van der Waals surface area contributed by atoms with Crippen molar-refractivity contribution in [2.75, 3.05) is 34.2 Å². The van der Waals surface area contributed by atoms with Crippen LogP contribution >= 0.6 is 0 Å². The van der Waals surface area contributed by atoms with Gasteiger partial charge in [0, 0.05) is 13.6 Å². The van der Waals surface area contributed by atoms with Gasteiger partial charge in [-0.05, 0) is 39.4 Å². The lowest BCUT2D eigenvalue weighted by atomic mass is 9.81. The number of carbonyl (C=O) groups is 3. The van der Waals surface area contributed by atoms with E-state index in [0.717, 1.165) is 29.7 Å². The maximum absolute atomic E-state index is 13.0. The van der Waals surface area contributed by atoms with Crippen molar-refractivity contribution in [1.29, 1.82) is 0 Å². The molecule has 1 aromatic rings. The summed E-state index contributed by atoms with van der Waals surface area (Å²) in [5, 5.41) is 2.91. The van der Waals surface area contributed by atoms with Crippen LogP contribution in [-0.4, -0.2) is 72.3 Å². The molecule has 1 aromatic carbocycles. The molecule has 0 aromatic heterocycles. The Morgan fingerprint density at radius 3 is 2.34 bits per heavy atom. The predicted molar refractivity (Wildman–Crippen MR) is 111 cm³/mol. The molecule has 4 amide bonds. The van der Waals surface area contributed by atoms with Gasteiger partial charge in [-0.15, -0.1) is 0 Å². The minimum absolute atomic E-state index is 0.0110. The minimum atomic E-state index is -0.746. The Labute approximate surface area is 173 Å². The Hall–Kier alpha value is -2.41. The number of rotatable bonds is 6. The summed E-state index contributed by atoms with van der Waals surface area (Å²) in [5.74, 6) is -0.533. The van der Waals surface area contributed by atoms with Gasteiger partial charge < -0.3 is 15.1 Å². The van der Waals surface area contributed by atoms with Crippen molar-refractivity contribution in [1.82, 2.24) is 20.0 Å². The van der Waals surface area contributed by atoms with Gasteiger partial charge in [-0.25, -0.2) is 4.79 Å². The highest BCUT2D eigenvalue weighted by Gasteiger charge is 2.55. The highest BCUT2D eigenvalue weighted by atomic mass is 16.2. The van der Waals surface area contributed by atoms with E-state index in [9.17, 15) is 14.4 Å². The fourth-order valence-corrected chi connectivity index (χ4v) is 4.47. The Morgan fingerprint density at radius 1 is 1.14 bits per heavy atom. The zero-order valence-electron chi connectivity index (χ0n) is 17.9. The van der Waals surface area contributed by atoms with Gasteiger partial charge in [0.1, 0.15) is 12.1 Å². The second-order valence-corrected chi connectivity index (χ2v) is 8.52.